The van der Waals surface area contributed by atoms with Gasteiger partial charge in [0.15, 0.2) is 9.84 Å². The maximum atomic E-state index is 11.4. The molecule has 1 aliphatic rings. The molecule has 0 aliphatic carbocycles. The number of hydrogen-bond acceptors (Lipinski definition) is 4. The summed E-state index contributed by atoms with van der Waals surface area (Å²) in [6, 6.07) is 3.93. The van der Waals surface area contributed by atoms with Crippen LogP contribution in [0.25, 0.3) is 0 Å². The van der Waals surface area contributed by atoms with Crippen LogP contribution in [0.1, 0.15) is 12.0 Å². The summed E-state index contributed by atoms with van der Waals surface area (Å²) in [5, 5.41) is -0.186. The van der Waals surface area contributed by atoms with Crippen LogP contribution in [0.5, 0.6) is 0 Å². The van der Waals surface area contributed by atoms with E-state index in [1.807, 2.05) is 12.1 Å². The molecule has 1 aromatic heterocycles. The van der Waals surface area contributed by atoms with Crippen molar-refractivity contribution in [3.05, 3.63) is 30.1 Å². The van der Waals surface area contributed by atoms with Crippen LogP contribution in [0.4, 0.5) is 0 Å². The fourth-order valence-corrected chi connectivity index (χ4v) is 3.05. The average Bonchev–Trinajstić information content (AvgIpc) is 2.67. The minimum Gasteiger partial charge on any atom is -0.298 e. The lowest BCUT2D eigenvalue weighted by molar-refractivity contribution is 0.331. The van der Waals surface area contributed by atoms with Crippen LogP contribution in [0.3, 0.4) is 0 Å². The van der Waals surface area contributed by atoms with Crippen molar-refractivity contribution in [2.75, 3.05) is 19.3 Å². The van der Waals surface area contributed by atoms with Crippen LogP contribution < -0.4 is 0 Å². The molecule has 0 spiro atoms. The van der Waals surface area contributed by atoms with Crippen molar-refractivity contribution in [1.29, 1.82) is 0 Å². The lowest BCUT2D eigenvalue weighted by Crippen LogP contribution is -2.26. The largest absolute Gasteiger partial charge is 0.298 e. The number of pyridine rings is 1. The molecule has 0 bridgehead atoms. The molecule has 0 saturated carbocycles. The summed E-state index contributed by atoms with van der Waals surface area (Å²) in [6.07, 6.45) is 5.61. The molecule has 4 nitrogen and oxygen atoms in total. The van der Waals surface area contributed by atoms with Gasteiger partial charge in [0.25, 0.3) is 0 Å². The molecule has 0 aromatic carbocycles. The molecule has 1 aliphatic heterocycles. The zero-order valence-electron chi connectivity index (χ0n) is 9.33. The molecular weight excluding hydrogens is 224 g/mol. The summed E-state index contributed by atoms with van der Waals surface area (Å²) >= 11 is 0. The monoisotopic (exact) mass is 240 g/mol. The Labute approximate surface area is 96.2 Å². The van der Waals surface area contributed by atoms with Crippen molar-refractivity contribution >= 4 is 9.84 Å². The second kappa shape index (κ2) is 4.51. The third-order valence-corrected chi connectivity index (χ3v) is 4.59. The smallest absolute Gasteiger partial charge is 0.151 e. The first-order chi connectivity index (χ1) is 7.55. The zero-order valence-corrected chi connectivity index (χ0v) is 10.2. The van der Waals surface area contributed by atoms with E-state index in [2.05, 4.69) is 9.88 Å². The number of sulfone groups is 1. The van der Waals surface area contributed by atoms with E-state index < -0.39 is 9.84 Å². The fourth-order valence-electron chi connectivity index (χ4n) is 2.04. The predicted molar refractivity (Wildman–Crippen MR) is 62.8 cm³/mol. The van der Waals surface area contributed by atoms with Crippen molar-refractivity contribution < 1.29 is 8.42 Å². The quantitative estimate of drug-likeness (QED) is 0.780. The number of rotatable bonds is 3. The lowest BCUT2D eigenvalue weighted by Gasteiger charge is -2.15. The Morgan fingerprint density at radius 1 is 1.44 bits per heavy atom. The highest BCUT2D eigenvalue weighted by Gasteiger charge is 2.29. The summed E-state index contributed by atoms with van der Waals surface area (Å²) in [5.41, 5.74) is 1.18. The van der Waals surface area contributed by atoms with E-state index in [9.17, 15) is 8.42 Å². The molecular formula is C11H16N2O2S. The molecule has 1 unspecified atom stereocenters. The van der Waals surface area contributed by atoms with Crippen LogP contribution in [-0.2, 0) is 16.4 Å². The average molecular weight is 240 g/mol. The molecule has 16 heavy (non-hydrogen) atoms. The van der Waals surface area contributed by atoms with Crippen molar-refractivity contribution in [1.82, 2.24) is 9.88 Å². The topological polar surface area (TPSA) is 50.3 Å². The van der Waals surface area contributed by atoms with Crippen LogP contribution in [0.15, 0.2) is 24.5 Å². The second-order valence-corrected chi connectivity index (χ2v) is 6.66. The van der Waals surface area contributed by atoms with E-state index in [4.69, 9.17) is 0 Å². The molecule has 2 rings (SSSR count). The third-order valence-electron chi connectivity index (χ3n) is 2.99. The van der Waals surface area contributed by atoms with Crippen molar-refractivity contribution in [2.24, 2.45) is 0 Å². The summed E-state index contributed by atoms with van der Waals surface area (Å²) in [7, 11) is -2.88. The van der Waals surface area contributed by atoms with E-state index in [1.165, 1.54) is 11.8 Å². The Kier molecular flexibility index (Phi) is 3.25. The molecule has 0 amide bonds. The van der Waals surface area contributed by atoms with Gasteiger partial charge in [0, 0.05) is 31.7 Å². The van der Waals surface area contributed by atoms with Gasteiger partial charge in [-0.1, -0.05) is 0 Å². The summed E-state index contributed by atoms with van der Waals surface area (Å²) in [5.74, 6) is 0. The van der Waals surface area contributed by atoms with E-state index in [1.54, 1.807) is 12.4 Å². The van der Waals surface area contributed by atoms with Gasteiger partial charge in [-0.2, -0.15) is 0 Å². The first-order valence-corrected chi connectivity index (χ1v) is 7.31. The Balaban J connectivity index is 1.96. The minimum atomic E-state index is -2.88. The van der Waals surface area contributed by atoms with Gasteiger partial charge >= 0.3 is 0 Å². The molecule has 2 heterocycles. The highest BCUT2D eigenvalue weighted by atomic mass is 32.2. The van der Waals surface area contributed by atoms with E-state index in [0.29, 0.717) is 6.54 Å². The standard InChI is InChI=1S/C11H16N2O2S/c1-16(14,15)11-4-7-13(9-11)8-10-2-5-12-6-3-10/h2-3,5-6,11H,4,7-9H2,1H3. The Bertz CT molecular complexity index is 444. The normalized spacial score (nSPS) is 22.4. The highest BCUT2D eigenvalue weighted by Crippen LogP contribution is 2.18. The number of likely N-dealkylation sites (tertiary alicyclic amines) is 1. The lowest BCUT2D eigenvalue weighted by atomic mass is 10.2. The van der Waals surface area contributed by atoms with E-state index in [-0.39, 0.29) is 5.25 Å². The summed E-state index contributed by atoms with van der Waals surface area (Å²) in [6.45, 7) is 2.33. The predicted octanol–water partition coefficient (Wildman–Crippen LogP) is 0.700. The van der Waals surface area contributed by atoms with E-state index >= 15 is 0 Å². The molecule has 0 N–H and O–H groups in total. The van der Waals surface area contributed by atoms with E-state index in [0.717, 1.165) is 19.5 Å². The molecule has 1 aromatic rings. The highest BCUT2D eigenvalue weighted by molar-refractivity contribution is 7.91. The van der Waals surface area contributed by atoms with Gasteiger partial charge < -0.3 is 0 Å². The number of aromatic nitrogens is 1. The minimum absolute atomic E-state index is 0.186. The molecule has 5 heteroatoms. The van der Waals surface area contributed by atoms with Crippen molar-refractivity contribution in [2.45, 2.75) is 18.2 Å². The molecule has 0 radical (unpaired) electrons. The molecule has 1 fully saturated rings. The molecule has 1 atom stereocenters. The maximum Gasteiger partial charge on any atom is 0.151 e. The van der Waals surface area contributed by atoms with Crippen LogP contribution in [0.2, 0.25) is 0 Å². The Morgan fingerprint density at radius 3 is 2.69 bits per heavy atom. The first-order valence-electron chi connectivity index (χ1n) is 5.36. The summed E-state index contributed by atoms with van der Waals surface area (Å²) < 4.78 is 22.8. The van der Waals surface area contributed by atoms with Gasteiger partial charge in [-0.3, -0.25) is 9.88 Å². The van der Waals surface area contributed by atoms with Gasteiger partial charge in [0.2, 0.25) is 0 Å². The number of nitrogens with zero attached hydrogens (tertiary/aromatic N) is 2. The van der Waals surface area contributed by atoms with Gasteiger partial charge in [-0.25, -0.2) is 8.42 Å². The number of hydrogen-bond donors (Lipinski definition) is 0. The van der Waals surface area contributed by atoms with Gasteiger partial charge in [-0.15, -0.1) is 0 Å². The fraction of sp³-hybridized carbons (Fsp3) is 0.545. The molecule has 1 saturated heterocycles. The third kappa shape index (κ3) is 2.80. The Hall–Kier alpha value is -0.940. The van der Waals surface area contributed by atoms with Crippen molar-refractivity contribution in [3.8, 4) is 0 Å². The van der Waals surface area contributed by atoms with Gasteiger partial charge in [0.1, 0.15) is 0 Å². The maximum absolute atomic E-state index is 11.4. The second-order valence-electron chi connectivity index (χ2n) is 4.33. The summed E-state index contributed by atoms with van der Waals surface area (Å²) in [4.78, 5) is 6.14. The van der Waals surface area contributed by atoms with Crippen LogP contribution in [0, 0.1) is 0 Å². The van der Waals surface area contributed by atoms with Gasteiger partial charge in [-0.05, 0) is 30.7 Å². The Morgan fingerprint density at radius 2 is 2.12 bits per heavy atom. The van der Waals surface area contributed by atoms with Crippen LogP contribution >= 0.6 is 0 Å². The SMILES string of the molecule is CS(=O)(=O)C1CCN(Cc2ccncc2)C1. The van der Waals surface area contributed by atoms with Gasteiger partial charge in [0.05, 0.1) is 5.25 Å². The molecule has 88 valence electrons. The van der Waals surface area contributed by atoms with Crippen molar-refractivity contribution in [3.63, 3.8) is 0 Å². The van der Waals surface area contributed by atoms with Crippen LogP contribution in [-0.4, -0.2) is 42.9 Å². The first kappa shape index (κ1) is 11.5. The zero-order chi connectivity index (χ0) is 11.6.